The van der Waals surface area contributed by atoms with Crippen molar-refractivity contribution in [2.45, 2.75) is 51.1 Å². The highest BCUT2D eigenvalue weighted by atomic mass is 16.5. The molecular weight excluding hydrogens is 242 g/mol. The Balaban J connectivity index is 1.73. The lowest BCUT2D eigenvalue weighted by Gasteiger charge is -2.30. The minimum absolute atomic E-state index is 0.00151. The lowest BCUT2D eigenvalue weighted by Crippen LogP contribution is -2.48. The van der Waals surface area contributed by atoms with Crippen LogP contribution in [0.4, 0.5) is 0 Å². The molecule has 5 heteroatoms. The minimum Gasteiger partial charge on any atom is -0.359 e. The van der Waals surface area contributed by atoms with Gasteiger partial charge >= 0.3 is 0 Å². The summed E-state index contributed by atoms with van der Waals surface area (Å²) in [5, 5.41) is 7.27. The number of carbonyl (C=O) groups excluding carboxylic acids is 1. The van der Waals surface area contributed by atoms with E-state index >= 15 is 0 Å². The molecule has 0 aliphatic carbocycles. The first-order valence-electron chi connectivity index (χ1n) is 7.23. The third kappa shape index (κ3) is 2.52. The number of rotatable bonds is 2. The van der Waals surface area contributed by atoms with E-state index < -0.39 is 0 Å². The monoisotopic (exact) mass is 263 g/mol. The normalized spacial score (nSPS) is 27.7. The van der Waals surface area contributed by atoms with Crippen LogP contribution in [0, 0.1) is 6.92 Å². The first-order valence-corrected chi connectivity index (χ1v) is 7.23. The van der Waals surface area contributed by atoms with Crippen LogP contribution < -0.4 is 5.32 Å². The summed E-state index contributed by atoms with van der Waals surface area (Å²) in [6.07, 6.45) is 5.30. The number of aromatic nitrogens is 1. The van der Waals surface area contributed by atoms with Crippen LogP contribution in [0.2, 0.25) is 0 Å². The largest absolute Gasteiger partial charge is 0.359 e. The summed E-state index contributed by atoms with van der Waals surface area (Å²) >= 11 is 0. The zero-order valence-electron chi connectivity index (χ0n) is 11.4. The van der Waals surface area contributed by atoms with Crippen molar-refractivity contribution < 1.29 is 9.32 Å². The average Bonchev–Trinajstić information content (AvgIpc) is 3.07. The van der Waals surface area contributed by atoms with Gasteiger partial charge in [0.05, 0.1) is 17.8 Å². The molecule has 0 radical (unpaired) electrons. The van der Waals surface area contributed by atoms with Gasteiger partial charge in [-0.1, -0.05) is 11.6 Å². The van der Waals surface area contributed by atoms with Crippen LogP contribution in [0.3, 0.4) is 0 Å². The molecule has 3 rings (SSSR count). The van der Waals surface area contributed by atoms with Crippen LogP contribution in [-0.2, 0) is 4.79 Å². The van der Waals surface area contributed by atoms with E-state index in [2.05, 4.69) is 10.5 Å². The summed E-state index contributed by atoms with van der Waals surface area (Å²) in [6, 6.07) is 2.03. The Kier molecular flexibility index (Phi) is 3.55. The van der Waals surface area contributed by atoms with Crippen LogP contribution in [0.1, 0.15) is 49.6 Å². The molecule has 104 valence electrons. The number of carbonyl (C=O) groups is 1. The van der Waals surface area contributed by atoms with Crippen molar-refractivity contribution in [2.24, 2.45) is 0 Å². The molecule has 2 atom stereocenters. The van der Waals surface area contributed by atoms with E-state index in [1.165, 1.54) is 6.42 Å². The van der Waals surface area contributed by atoms with Crippen molar-refractivity contribution in [3.05, 3.63) is 17.5 Å². The van der Waals surface area contributed by atoms with Gasteiger partial charge in [0.25, 0.3) is 0 Å². The molecule has 19 heavy (non-hydrogen) atoms. The van der Waals surface area contributed by atoms with Gasteiger partial charge in [-0.15, -0.1) is 0 Å². The third-order valence-corrected chi connectivity index (χ3v) is 4.12. The number of nitrogens with one attached hydrogen (secondary N) is 1. The predicted molar refractivity (Wildman–Crippen MR) is 70.6 cm³/mol. The number of hydrogen-bond donors (Lipinski definition) is 1. The number of likely N-dealkylation sites (tertiary alicyclic amines) is 1. The van der Waals surface area contributed by atoms with E-state index in [0.29, 0.717) is 0 Å². The molecule has 2 fully saturated rings. The van der Waals surface area contributed by atoms with Gasteiger partial charge in [0.2, 0.25) is 5.91 Å². The zero-order chi connectivity index (χ0) is 13.2. The molecule has 2 aliphatic heterocycles. The number of piperidine rings is 1. The maximum absolute atomic E-state index is 12.6. The molecule has 3 heterocycles. The highest BCUT2D eigenvalue weighted by Gasteiger charge is 2.36. The summed E-state index contributed by atoms with van der Waals surface area (Å²) < 4.78 is 5.35. The third-order valence-electron chi connectivity index (χ3n) is 4.12. The SMILES string of the molecule is Cc1cc(C2CCCN2C(=O)[C@@H]2CCCCN2)on1. The quantitative estimate of drug-likeness (QED) is 0.883. The van der Waals surface area contributed by atoms with E-state index in [-0.39, 0.29) is 18.0 Å². The van der Waals surface area contributed by atoms with Gasteiger partial charge in [0, 0.05) is 12.6 Å². The summed E-state index contributed by atoms with van der Waals surface area (Å²) in [6.45, 7) is 3.70. The van der Waals surface area contributed by atoms with Crippen molar-refractivity contribution in [2.75, 3.05) is 13.1 Å². The minimum atomic E-state index is -0.00151. The summed E-state index contributed by atoms with van der Waals surface area (Å²) in [5.41, 5.74) is 0.880. The molecular formula is C14H21N3O2. The zero-order valence-corrected chi connectivity index (χ0v) is 11.4. The Hall–Kier alpha value is -1.36. The Bertz CT molecular complexity index is 451. The smallest absolute Gasteiger partial charge is 0.240 e. The topological polar surface area (TPSA) is 58.4 Å². The molecule has 1 unspecified atom stereocenters. The van der Waals surface area contributed by atoms with Crippen molar-refractivity contribution >= 4 is 5.91 Å². The number of hydrogen-bond acceptors (Lipinski definition) is 4. The highest BCUT2D eigenvalue weighted by Crippen LogP contribution is 2.33. The first kappa shape index (κ1) is 12.7. The molecule has 1 N–H and O–H groups in total. The standard InChI is InChI=1S/C14H21N3O2/c1-10-9-13(19-16-10)12-6-4-8-17(12)14(18)11-5-2-3-7-15-11/h9,11-12,15H,2-8H2,1H3/t11-,12?/m0/s1. The lowest BCUT2D eigenvalue weighted by atomic mass is 10.0. The van der Waals surface area contributed by atoms with Crippen molar-refractivity contribution in [1.29, 1.82) is 0 Å². The van der Waals surface area contributed by atoms with Crippen molar-refractivity contribution in [1.82, 2.24) is 15.4 Å². The maximum Gasteiger partial charge on any atom is 0.240 e. The fourth-order valence-electron chi connectivity index (χ4n) is 3.13. The summed E-state index contributed by atoms with van der Waals surface area (Å²) in [7, 11) is 0. The van der Waals surface area contributed by atoms with Gasteiger partial charge in [0.1, 0.15) is 0 Å². The Morgan fingerprint density at radius 3 is 3.00 bits per heavy atom. The molecule has 5 nitrogen and oxygen atoms in total. The van der Waals surface area contributed by atoms with Crippen LogP contribution in [0.5, 0.6) is 0 Å². The lowest BCUT2D eigenvalue weighted by molar-refractivity contribution is -0.135. The number of amides is 1. The second-order valence-corrected chi connectivity index (χ2v) is 5.56. The number of nitrogens with zero attached hydrogens (tertiary/aromatic N) is 2. The van der Waals surface area contributed by atoms with Crippen molar-refractivity contribution in [3.8, 4) is 0 Å². The fourth-order valence-corrected chi connectivity index (χ4v) is 3.13. The van der Waals surface area contributed by atoms with Crippen LogP contribution >= 0.6 is 0 Å². The Labute approximate surface area is 113 Å². The van der Waals surface area contributed by atoms with Gasteiger partial charge in [-0.25, -0.2) is 0 Å². The molecule has 0 saturated carbocycles. The Morgan fingerprint density at radius 2 is 2.32 bits per heavy atom. The average molecular weight is 263 g/mol. The van der Waals surface area contributed by atoms with Gasteiger partial charge < -0.3 is 14.7 Å². The van der Waals surface area contributed by atoms with E-state index in [4.69, 9.17) is 4.52 Å². The molecule has 0 aromatic carbocycles. The Morgan fingerprint density at radius 1 is 1.42 bits per heavy atom. The van der Waals surface area contributed by atoms with Crippen LogP contribution in [0.25, 0.3) is 0 Å². The highest BCUT2D eigenvalue weighted by molar-refractivity contribution is 5.82. The second-order valence-electron chi connectivity index (χ2n) is 5.56. The molecule has 2 aliphatic rings. The maximum atomic E-state index is 12.6. The van der Waals surface area contributed by atoms with E-state index in [0.717, 1.165) is 50.2 Å². The van der Waals surface area contributed by atoms with E-state index in [1.54, 1.807) is 0 Å². The van der Waals surface area contributed by atoms with E-state index in [1.807, 2.05) is 17.9 Å². The first-order chi connectivity index (χ1) is 9.25. The summed E-state index contributed by atoms with van der Waals surface area (Å²) in [5.74, 6) is 1.07. The number of aryl methyl sites for hydroxylation is 1. The van der Waals surface area contributed by atoms with Gasteiger partial charge in [-0.2, -0.15) is 0 Å². The van der Waals surface area contributed by atoms with Gasteiger partial charge in [0.15, 0.2) is 5.76 Å². The summed E-state index contributed by atoms with van der Waals surface area (Å²) in [4.78, 5) is 14.6. The van der Waals surface area contributed by atoms with Gasteiger partial charge in [-0.3, -0.25) is 4.79 Å². The molecule has 0 spiro atoms. The fraction of sp³-hybridized carbons (Fsp3) is 0.714. The predicted octanol–water partition coefficient (Wildman–Crippen LogP) is 1.79. The molecule has 2 saturated heterocycles. The molecule has 1 amide bonds. The van der Waals surface area contributed by atoms with Crippen molar-refractivity contribution in [3.63, 3.8) is 0 Å². The van der Waals surface area contributed by atoms with Gasteiger partial charge in [-0.05, 0) is 39.2 Å². The molecule has 1 aromatic rings. The van der Waals surface area contributed by atoms with Crippen LogP contribution in [0.15, 0.2) is 10.6 Å². The molecule has 1 aromatic heterocycles. The van der Waals surface area contributed by atoms with E-state index in [9.17, 15) is 4.79 Å². The second kappa shape index (κ2) is 5.33. The van der Waals surface area contributed by atoms with Crippen LogP contribution in [-0.4, -0.2) is 35.1 Å². The molecule has 0 bridgehead atoms.